The third-order valence-electron chi connectivity index (χ3n) is 10.3. The van der Waals surface area contributed by atoms with Gasteiger partial charge >= 0.3 is 0 Å². The summed E-state index contributed by atoms with van der Waals surface area (Å²) < 4.78 is 6.65. The molecular formula is C50H33NO. The second-order valence-corrected chi connectivity index (χ2v) is 13.4. The quantitative estimate of drug-likeness (QED) is 0.130. The molecule has 1 heterocycles. The van der Waals surface area contributed by atoms with Crippen molar-refractivity contribution in [3.63, 3.8) is 0 Å². The van der Waals surface area contributed by atoms with Crippen LogP contribution in [0.1, 0.15) is 11.3 Å². The van der Waals surface area contributed by atoms with E-state index in [2.05, 4.69) is 193 Å². The van der Waals surface area contributed by atoms with E-state index in [9.17, 15) is 0 Å². The molecule has 0 fully saturated rings. The van der Waals surface area contributed by atoms with Crippen LogP contribution in [0.25, 0.3) is 70.4 Å². The summed E-state index contributed by atoms with van der Waals surface area (Å²) in [6, 6.07) is 63.3. The highest BCUT2D eigenvalue weighted by atomic mass is 16.3. The predicted octanol–water partition coefficient (Wildman–Crippen LogP) is 14.3. The van der Waals surface area contributed by atoms with Crippen molar-refractivity contribution < 1.29 is 4.42 Å². The number of para-hydroxylation sites is 1. The third kappa shape index (κ3) is 4.96. The lowest BCUT2D eigenvalue weighted by Crippen LogP contribution is -2.12. The Bertz CT molecular complexity index is 2880. The molecule has 9 aromatic carbocycles. The summed E-state index contributed by atoms with van der Waals surface area (Å²) in [6.45, 7) is 4.13. The number of nitrogens with zero attached hydrogens (tertiary/aromatic N) is 1. The van der Waals surface area contributed by atoms with Gasteiger partial charge in [0, 0.05) is 27.9 Å². The molecule has 0 aliphatic heterocycles. The van der Waals surface area contributed by atoms with Gasteiger partial charge < -0.3 is 9.32 Å². The molecule has 0 atom stereocenters. The van der Waals surface area contributed by atoms with E-state index in [1.807, 2.05) is 6.08 Å². The van der Waals surface area contributed by atoms with Crippen molar-refractivity contribution in [3.8, 4) is 0 Å². The fraction of sp³-hybridized carbons (Fsp3) is 0. The van der Waals surface area contributed by atoms with Crippen LogP contribution in [0.15, 0.2) is 199 Å². The fourth-order valence-electron chi connectivity index (χ4n) is 7.89. The second kappa shape index (κ2) is 12.2. The molecule has 244 valence electrons. The molecule has 52 heavy (non-hydrogen) atoms. The van der Waals surface area contributed by atoms with Gasteiger partial charge in [0.05, 0.1) is 5.69 Å². The van der Waals surface area contributed by atoms with Gasteiger partial charge in [0.15, 0.2) is 0 Å². The molecule has 2 nitrogen and oxygen atoms in total. The highest BCUT2D eigenvalue weighted by molar-refractivity contribution is 6.10. The third-order valence-corrected chi connectivity index (χ3v) is 10.3. The maximum atomic E-state index is 6.65. The summed E-state index contributed by atoms with van der Waals surface area (Å²) in [4.78, 5) is 2.38. The van der Waals surface area contributed by atoms with Crippen LogP contribution in [0.5, 0.6) is 0 Å². The molecule has 0 radical (unpaired) electrons. The van der Waals surface area contributed by atoms with Crippen LogP contribution < -0.4 is 4.90 Å². The zero-order chi connectivity index (χ0) is 34.6. The molecule has 0 saturated heterocycles. The van der Waals surface area contributed by atoms with Crippen molar-refractivity contribution in [3.05, 3.63) is 206 Å². The molecule has 0 unspecified atom stereocenters. The lowest BCUT2D eigenvalue weighted by atomic mass is 9.97. The molecule has 0 aliphatic rings. The average Bonchev–Trinajstić information content (AvgIpc) is 3.61. The minimum atomic E-state index is 0.799. The van der Waals surface area contributed by atoms with Crippen LogP contribution >= 0.6 is 0 Å². The Morgan fingerprint density at radius 2 is 0.962 bits per heavy atom. The summed E-state index contributed by atoms with van der Waals surface area (Å²) in [5, 5.41) is 13.3. The van der Waals surface area contributed by atoms with Crippen molar-refractivity contribution in [2.75, 3.05) is 4.90 Å². The van der Waals surface area contributed by atoms with Crippen LogP contribution in [0.2, 0.25) is 0 Å². The summed E-state index contributed by atoms with van der Waals surface area (Å²) in [5.74, 6) is 0.799. The normalized spacial score (nSPS) is 12.0. The molecule has 0 aliphatic carbocycles. The Hall–Kier alpha value is -6.90. The summed E-state index contributed by atoms with van der Waals surface area (Å²) >= 11 is 0. The van der Waals surface area contributed by atoms with Crippen LogP contribution in [-0.2, 0) is 0 Å². The first-order valence-electron chi connectivity index (χ1n) is 17.7. The van der Waals surface area contributed by atoms with Gasteiger partial charge in [0.2, 0.25) is 0 Å². The first-order chi connectivity index (χ1) is 25.7. The molecule has 2 heteroatoms. The van der Waals surface area contributed by atoms with Crippen molar-refractivity contribution in [2.24, 2.45) is 0 Å². The van der Waals surface area contributed by atoms with Crippen LogP contribution in [0.4, 0.5) is 17.1 Å². The van der Waals surface area contributed by atoms with Gasteiger partial charge in [0.25, 0.3) is 0 Å². The maximum absolute atomic E-state index is 6.65. The van der Waals surface area contributed by atoms with Gasteiger partial charge in [-0.2, -0.15) is 0 Å². The van der Waals surface area contributed by atoms with Gasteiger partial charge in [-0.25, -0.2) is 0 Å². The Balaban J connectivity index is 1.20. The summed E-state index contributed by atoms with van der Waals surface area (Å²) in [5.41, 5.74) is 6.06. The zero-order valence-corrected chi connectivity index (χ0v) is 28.5. The number of hydrogen-bond donors (Lipinski definition) is 0. The minimum Gasteiger partial charge on any atom is -0.456 e. The number of benzene rings is 9. The Labute approximate surface area is 301 Å². The molecule has 0 N–H and O–H groups in total. The van der Waals surface area contributed by atoms with Crippen LogP contribution in [-0.4, -0.2) is 0 Å². The zero-order valence-electron chi connectivity index (χ0n) is 28.5. The molecule has 0 amide bonds. The number of rotatable bonds is 6. The number of furan rings is 1. The fourth-order valence-corrected chi connectivity index (χ4v) is 7.89. The van der Waals surface area contributed by atoms with E-state index in [4.69, 9.17) is 4.42 Å². The standard InChI is InChI=1S/C50H33NO/c1-2-11-47(50-32-39-28-35-14-3-4-15-36(35)31-49(39)52-50)46-18-9-10-19-48(46)51(40-24-26-44-37(29-40)22-20-33-12-5-7-16-42(33)44)41-25-27-45-38(30-41)23-21-34-13-6-8-17-43(34)45/h2-32H,1H2/b47-11-. The monoisotopic (exact) mass is 663 g/mol. The lowest BCUT2D eigenvalue weighted by molar-refractivity contribution is 0.601. The molecule has 1 aromatic heterocycles. The Morgan fingerprint density at radius 3 is 1.60 bits per heavy atom. The lowest BCUT2D eigenvalue weighted by Gasteiger charge is -2.29. The number of allylic oxidation sites excluding steroid dienone is 2. The first-order valence-corrected chi connectivity index (χ1v) is 17.7. The van der Waals surface area contributed by atoms with Gasteiger partial charge in [-0.3, -0.25) is 0 Å². The van der Waals surface area contributed by atoms with E-state index in [1.165, 1.54) is 48.5 Å². The maximum Gasteiger partial charge on any atom is 0.136 e. The molecule has 10 aromatic rings. The smallest absolute Gasteiger partial charge is 0.136 e. The van der Waals surface area contributed by atoms with E-state index < -0.39 is 0 Å². The Kier molecular flexibility index (Phi) is 7.00. The van der Waals surface area contributed by atoms with Gasteiger partial charge in [0.1, 0.15) is 11.3 Å². The van der Waals surface area contributed by atoms with Gasteiger partial charge in [-0.05, 0) is 102 Å². The van der Waals surface area contributed by atoms with Crippen molar-refractivity contribution in [2.45, 2.75) is 0 Å². The van der Waals surface area contributed by atoms with Crippen LogP contribution in [0.3, 0.4) is 0 Å². The largest absolute Gasteiger partial charge is 0.456 e. The van der Waals surface area contributed by atoms with Crippen molar-refractivity contribution in [1.82, 2.24) is 0 Å². The molecule has 0 bridgehead atoms. The number of anilines is 3. The van der Waals surface area contributed by atoms with Crippen molar-refractivity contribution >= 4 is 87.5 Å². The SMILES string of the molecule is C=C/C=C(\c1cc2cc3ccccc3cc2o1)c1ccccc1N(c1ccc2c(ccc3ccccc32)c1)c1ccc2c(ccc3ccccc32)c1. The van der Waals surface area contributed by atoms with E-state index in [-0.39, 0.29) is 0 Å². The average molecular weight is 664 g/mol. The summed E-state index contributed by atoms with van der Waals surface area (Å²) in [6.07, 6.45) is 3.91. The van der Waals surface area contributed by atoms with Crippen molar-refractivity contribution in [1.29, 1.82) is 0 Å². The van der Waals surface area contributed by atoms with Crippen LogP contribution in [0, 0.1) is 0 Å². The molecule has 10 rings (SSSR count). The highest BCUT2D eigenvalue weighted by Crippen LogP contribution is 2.44. The van der Waals surface area contributed by atoms with E-state index >= 15 is 0 Å². The van der Waals surface area contributed by atoms with E-state index in [0.29, 0.717) is 0 Å². The molecule has 0 saturated carbocycles. The van der Waals surface area contributed by atoms with E-state index in [0.717, 1.165) is 50.3 Å². The first kappa shape index (κ1) is 30.0. The van der Waals surface area contributed by atoms with Gasteiger partial charge in [-0.1, -0.05) is 146 Å². The second-order valence-electron chi connectivity index (χ2n) is 13.4. The molecule has 0 spiro atoms. The Morgan fingerprint density at radius 1 is 0.442 bits per heavy atom. The summed E-state index contributed by atoms with van der Waals surface area (Å²) in [7, 11) is 0. The molecular weight excluding hydrogens is 631 g/mol. The topological polar surface area (TPSA) is 16.4 Å². The predicted molar refractivity (Wildman–Crippen MR) is 222 cm³/mol. The van der Waals surface area contributed by atoms with E-state index in [1.54, 1.807) is 0 Å². The minimum absolute atomic E-state index is 0.799. The number of fused-ring (bicyclic) bond motifs is 8. The highest BCUT2D eigenvalue weighted by Gasteiger charge is 2.22. The number of hydrogen-bond acceptors (Lipinski definition) is 2. The van der Waals surface area contributed by atoms with Gasteiger partial charge in [-0.15, -0.1) is 0 Å².